The smallest absolute Gasteiger partial charge is 0.355 e. The quantitative estimate of drug-likeness (QED) is 0.0364. The number of likely N-dealkylation sites (tertiary alicyclic amines) is 1. The van der Waals surface area contributed by atoms with Crippen LogP contribution in [0.4, 0.5) is 5.69 Å². The third-order valence-corrected chi connectivity index (χ3v) is 16.3. The number of benzene rings is 2. The van der Waals surface area contributed by atoms with Crippen LogP contribution in [0.2, 0.25) is 0 Å². The van der Waals surface area contributed by atoms with Gasteiger partial charge in [-0.25, -0.2) is 14.6 Å². The van der Waals surface area contributed by atoms with Crippen molar-refractivity contribution in [3.05, 3.63) is 87.7 Å². The molecule has 2 aromatic heterocycles. The molecule has 8 N–H and O–H groups in total. The zero-order valence-corrected chi connectivity index (χ0v) is 50.9. The summed E-state index contributed by atoms with van der Waals surface area (Å²) in [6, 6.07) is 12.4. The first-order valence-electron chi connectivity index (χ1n) is 29.3. The van der Waals surface area contributed by atoms with Crippen LogP contribution in [0.3, 0.4) is 0 Å². The summed E-state index contributed by atoms with van der Waals surface area (Å²) in [5.41, 5.74) is 0.978. The predicted molar refractivity (Wildman–Crippen MR) is 319 cm³/mol. The molecular weight excluding hydrogens is 1130 g/mol. The van der Waals surface area contributed by atoms with E-state index in [1.165, 1.54) is 14.0 Å². The largest absolute Gasteiger partial charge is 0.462 e. The number of nitrogens with zero attached hydrogens (tertiary/aromatic N) is 3. The highest BCUT2D eigenvalue weighted by Crippen LogP contribution is 2.41. The summed E-state index contributed by atoms with van der Waals surface area (Å²) in [5, 5.41) is 38.7. The fraction of sp³-hybridized carbons (Fsp3) is 0.541. The van der Waals surface area contributed by atoms with Crippen molar-refractivity contribution in [3.63, 3.8) is 0 Å². The van der Waals surface area contributed by atoms with E-state index in [0.717, 1.165) is 10.9 Å². The summed E-state index contributed by atoms with van der Waals surface area (Å²) in [6.07, 6.45) is -3.58. The molecule has 0 radical (unpaired) electrons. The Morgan fingerprint density at radius 2 is 1.55 bits per heavy atom. The van der Waals surface area contributed by atoms with Gasteiger partial charge in [-0.1, -0.05) is 66.7 Å². The third-order valence-electron chi connectivity index (χ3n) is 16.0. The normalized spacial score (nSPS) is 22.8. The van der Waals surface area contributed by atoms with Crippen molar-refractivity contribution in [1.29, 1.82) is 0 Å². The summed E-state index contributed by atoms with van der Waals surface area (Å²) < 4.78 is 30.0. The van der Waals surface area contributed by atoms with Gasteiger partial charge >= 0.3 is 11.9 Å². The molecule has 11 atom stereocenters. The van der Waals surface area contributed by atoms with E-state index in [-0.39, 0.29) is 60.5 Å². The molecule has 6 heterocycles. The average Bonchev–Trinajstić information content (AvgIpc) is 2.58. The van der Waals surface area contributed by atoms with Gasteiger partial charge in [0.15, 0.2) is 5.11 Å². The maximum atomic E-state index is 14.3. The number of pyridine rings is 2. The average molecular weight is 1210 g/mol. The summed E-state index contributed by atoms with van der Waals surface area (Å²) in [7, 11) is 1.38. The number of fused-ring (bicyclic) bond motifs is 5. The number of aliphatic hydroxyl groups is 2. The number of para-hydroxylation sites is 1. The molecular formula is C61H79N9O15S. The van der Waals surface area contributed by atoms with E-state index in [4.69, 9.17) is 40.9 Å². The van der Waals surface area contributed by atoms with E-state index in [1.807, 2.05) is 58.0 Å². The number of cyclic esters (lactones) is 1. The van der Waals surface area contributed by atoms with Crippen LogP contribution in [0.25, 0.3) is 22.3 Å². The van der Waals surface area contributed by atoms with Gasteiger partial charge in [-0.15, -0.1) is 0 Å². The van der Waals surface area contributed by atoms with Crippen LogP contribution in [-0.4, -0.2) is 152 Å². The van der Waals surface area contributed by atoms with Gasteiger partial charge in [-0.3, -0.25) is 28.8 Å². The Bertz CT molecular complexity index is 3280. The highest BCUT2D eigenvalue weighted by molar-refractivity contribution is 7.80. The van der Waals surface area contributed by atoms with Crippen molar-refractivity contribution < 1.29 is 67.5 Å². The number of hydrogen-bond donors (Lipinski definition) is 8. The molecule has 0 saturated carbocycles. The van der Waals surface area contributed by atoms with Gasteiger partial charge in [0.1, 0.15) is 60.9 Å². The van der Waals surface area contributed by atoms with E-state index in [2.05, 4.69) is 31.9 Å². The Hall–Kier alpha value is -7.58. The Labute approximate surface area is 504 Å². The molecule has 2 aromatic carbocycles. The van der Waals surface area contributed by atoms with Crippen LogP contribution in [0, 0.1) is 17.8 Å². The zero-order valence-electron chi connectivity index (χ0n) is 50.1. The minimum absolute atomic E-state index is 0.0494. The van der Waals surface area contributed by atoms with Gasteiger partial charge < -0.3 is 75.3 Å². The summed E-state index contributed by atoms with van der Waals surface area (Å²) in [5.74, 6) is -5.53. The fourth-order valence-corrected chi connectivity index (χ4v) is 11.6. The summed E-state index contributed by atoms with van der Waals surface area (Å²) in [6.45, 7) is 15.3. The lowest BCUT2D eigenvalue weighted by molar-refractivity contribution is -0.272. The molecule has 0 bridgehead atoms. The highest BCUT2D eigenvalue weighted by atomic mass is 32.1. The van der Waals surface area contributed by atoms with E-state index < -0.39 is 126 Å². The minimum Gasteiger partial charge on any atom is -0.462 e. The second-order valence-electron chi connectivity index (χ2n) is 23.6. The molecule has 4 aromatic rings. The molecule has 4 aliphatic rings. The second kappa shape index (κ2) is 27.4. The SMILES string of the molecule is CC[C@@]1(OC(=O)[C@@H](NC(=O)[C@H](C)NC(=O)[C@H](CC(C)C)NC(=O)CNC(=O)[C@H](CC(C)C)NC(=O)[C@@H]2CCCN2C(=S)Nc2ccc(O[C@H]3O[C@@H](C)[C@@H](O)[C@@H](OC)[C@@H]3O)cc2)C(C)C)C(=O)OCc2c1cc1n(c2=O)Cc2cc3ccccc3nc2-1. The van der Waals surface area contributed by atoms with E-state index in [0.29, 0.717) is 47.7 Å². The number of carbonyl (C=O) groups excluding carboxylic acids is 7. The number of rotatable bonds is 22. The van der Waals surface area contributed by atoms with Crippen LogP contribution in [0.1, 0.15) is 111 Å². The first-order valence-corrected chi connectivity index (χ1v) is 29.7. The highest BCUT2D eigenvalue weighted by Gasteiger charge is 2.52. The number of amides is 5. The number of methoxy groups -OCH3 is 1. The number of nitrogens with one attached hydrogen (secondary N) is 6. The van der Waals surface area contributed by atoms with Crippen LogP contribution < -0.4 is 42.2 Å². The van der Waals surface area contributed by atoms with Crippen molar-refractivity contribution in [1.82, 2.24) is 41.0 Å². The monoisotopic (exact) mass is 1210 g/mol. The van der Waals surface area contributed by atoms with Gasteiger partial charge in [0, 0.05) is 35.9 Å². The topological polar surface area (TPSA) is 316 Å². The predicted octanol–water partition coefficient (Wildman–Crippen LogP) is 3.18. The maximum absolute atomic E-state index is 14.3. The minimum atomic E-state index is -2.05. The molecule has 86 heavy (non-hydrogen) atoms. The van der Waals surface area contributed by atoms with Crippen LogP contribution in [0.15, 0.2) is 65.5 Å². The molecule has 25 heteroatoms. The zero-order chi connectivity index (χ0) is 62.5. The number of aliphatic hydroxyl groups excluding tert-OH is 2. The molecule has 4 aliphatic heterocycles. The molecule has 0 aliphatic carbocycles. The summed E-state index contributed by atoms with van der Waals surface area (Å²) >= 11 is 5.75. The van der Waals surface area contributed by atoms with Gasteiger partial charge in [0.05, 0.1) is 41.7 Å². The van der Waals surface area contributed by atoms with Crippen molar-refractivity contribution in [2.45, 2.75) is 174 Å². The van der Waals surface area contributed by atoms with Gasteiger partial charge in [0.2, 0.25) is 41.4 Å². The lowest BCUT2D eigenvalue weighted by atomic mass is 9.85. The number of esters is 2. The van der Waals surface area contributed by atoms with Crippen LogP contribution in [-0.2, 0) is 71.3 Å². The van der Waals surface area contributed by atoms with Crippen LogP contribution >= 0.6 is 12.2 Å². The number of anilines is 1. The molecule has 0 unspecified atom stereocenters. The first kappa shape index (κ1) is 64.4. The molecule has 464 valence electrons. The molecule has 5 amide bonds. The van der Waals surface area contributed by atoms with E-state index in [9.17, 15) is 48.6 Å². The fourth-order valence-electron chi connectivity index (χ4n) is 11.3. The van der Waals surface area contributed by atoms with Gasteiger partial charge in [0.25, 0.3) is 5.56 Å². The Kier molecular flexibility index (Phi) is 20.5. The van der Waals surface area contributed by atoms with Crippen LogP contribution in [0.5, 0.6) is 5.75 Å². The number of carbonyl (C=O) groups is 7. The third kappa shape index (κ3) is 14.1. The van der Waals surface area contributed by atoms with Crippen molar-refractivity contribution >= 4 is 75.4 Å². The molecule has 2 fully saturated rings. The van der Waals surface area contributed by atoms with Crippen molar-refractivity contribution in [2.75, 3.05) is 25.5 Å². The molecule has 24 nitrogen and oxygen atoms in total. The number of hydrogen-bond acceptors (Lipinski definition) is 17. The Morgan fingerprint density at radius 3 is 2.21 bits per heavy atom. The standard InChI is InChI=1S/C61H79N9O15S/c1-11-61(40-26-45-48-36(25-35-15-12-13-16-41(35)66-48)28-70(45)56(78)39(40)29-82-59(61)80)85-57(79)47(32(6)7)68-52(74)33(8)63-54(76)43(24-31(4)5)65-46(71)27-62-53(75)42(23-30(2)3)67-55(77)44-17-14-22-69(44)60(86)64-37-18-20-38(21-19-37)84-58-50(73)51(81-10)49(72)34(9)83-58/h12-13,15-16,18-21,25-26,30-34,42-44,47,49-51,58,72-73H,11,14,17,22-24,27-29H2,1-10H3,(H,62,75)(H,63,76)(H,64,86)(H,65,71)(H,67,77)(H,68,74)/t33-,34-,42-,43-,44-,47-,49+,50-,51+,58+,61-/m0/s1. The Morgan fingerprint density at radius 1 is 0.860 bits per heavy atom. The maximum Gasteiger partial charge on any atom is 0.355 e. The Balaban J connectivity index is 0.846. The molecule has 0 spiro atoms. The van der Waals surface area contributed by atoms with E-state index >= 15 is 0 Å². The lowest BCUT2D eigenvalue weighted by Gasteiger charge is -2.40. The number of thiocarbonyl (C=S) groups is 1. The molecule has 8 rings (SSSR count). The second-order valence-corrected chi connectivity index (χ2v) is 24.0. The first-order chi connectivity index (χ1) is 40.8. The van der Waals surface area contributed by atoms with Crippen molar-refractivity contribution in [2.24, 2.45) is 17.8 Å². The number of aromatic nitrogens is 2. The lowest BCUT2D eigenvalue weighted by Crippen LogP contribution is -2.59. The van der Waals surface area contributed by atoms with E-state index in [1.54, 1.807) is 67.5 Å². The number of ether oxygens (including phenoxy) is 5. The van der Waals surface area contributed by atoms with Crippen molar-refractivity contribution in [3.8, 4) is 17.1 Å². The molecule has 2 saturated heterocycles. The summed E-state index contributed by atoms with van der Waals surface area (Å²) in [4.78, 5) is 118. The van der Waals surface area contributed by atoms with Gasteiger partial charge in [-0.05, 0) is 118 Å². The van der Waals surface area contributed by atoms with Gasteiger partial charge in [-0.2, -0.15) is 0 Å².